The van der Waals surface area contributed by atoms with Crippen molar-refractivity contribution in [3.05, 3.63) is 35.3 Å². The van der Waals surface area contributed by atoms with E-state index in [-0.39, 0.29) is 30.2 Å². The van der Waals surface area contributed by atoms with Gasteiger partial charge in [0.05, 0.1) is 6.54 Å². The summed E-state index contributed by atoms with van der Waals surface area (Å²) in [5.41, 5.74) is 1.53. The van der Waals surface area contributed by atoms with Crippen LogP contribution in [0.2, 0.25) is 0 Å². The summed E-state index contributed by atoms with van der Waals surface area (Å²) < 4.78 is 18.9. The number of halogens is 2. The highest BCUT2D eigenvalue weighted by atomic mass is 35.5. The van der Waals surface area contributed by atoms with Crippen LogP contribution < -0.4 is 10.6 Å². The molecular weight excluding hydrogens is 307 g/mol. The summed E-state index contributed by atoms with van der Waals surface area (Å²) in [5, 5.41) is 6.94. The van der Waals surface area contributed by atoms with Gasteiger partial charge in [-0.3, -0.25) is 4.79 Å². The minimum absolute atomic E-state index is 0. The number of hydrogen-bond donors (Lipinski definition) is 2. The van der Waals surface area contributed by atoms with Crippen LogP contribution >= 0.6 is 12.4 Å². The molecule has 1 unspecified atom stereocenters. The lowest BCUT2D eigenvalue weighted by atomic mass is 10.1. The van der Waals surface area contributed by atoms with E-state index in [9.17, 15) is 9.18 Å². The Morgan fingerprint density at radius 1 is 1.50 bits per heavy atom. The second kappa shape index (κ2) is 7.11. The van der Waals surface area contributed by atoms with Gasteiger partial charge < -0.3 is 15.1 Å². The number of nitrogens with one attached hydrogen (secondary N) is 2. The Hall–Kier alpha value is -1.59. The number of fused-ring (bicyclic) bond motifs is 1. The third-order valence-corrected chi connectivity index (χ3v) is 4.04. The number of hydrogen-bond acceptors (Lipinski definition) is 3. The molecule has 2 N–H and O–H groups in total. The van der Waals surface area contributed by atoms with Crippen molar-refractivity contribution in [1.82, 2.24) is 10.6 Å². The van der Waals surface area contributed by atoms with E-state index in [1.165, 1.54) is 12.1 Å². The van der Waals surface area contributed by atoms with Crippen LogP contribution in [0.3, 0.4) is 0 Å². The SMILES string of the molecule is Cc1c(CNC(=O)CC2CCCN2)oc2ccc(F)cc12.Cl. The number of aryl methyl sites for hydroxylation is 1. The molecule has 6 heteroatoms. The Balaban J connectivity index is 0.00000176. The molecule has 1 saturated heterocycles. The van der Waals surface area contributed by atoms with Crippen LogP contribution in [0.1, 0.15) is 30.6 Å². The molecule has 0 aliphatic carbocycles. The van der Waals surface area contributed by atoms with Crippen LogP contribution in [0.15, 0.2) is 22.6 Å². The van der Waals surface area contributed by atoms with Crippen LogP contribution in [-0.2, 0) is 11.3 Å². The first kappa shape index (κ1) is 16.8. The molecule has 3 rings (SSSR count). The fourth-order valence-corrected chi connectivity index (χ4v) is 2.82. The maximum Gasteiger partial charge on any atom is 0.221 e. The zero-order chi connectivity index (χ0) is 14.8. The quantitative estimate of drug-likeness (QED) is 0.908. The lowest BCUT2D eigenvalue weighted by Gasteiger charge is -2.09. The molecule has 0 saturated carbocycles. The second-order valence-corrected chi connectivity index (χ2v) is 5.56. The molecule has 1 amide bonds. The van der Waals surface area contributed by atoms with Crippen LogP contribution in [0.5, 0.6) is 0 Å². The molecule has 1 aromatic heterocycles. The highest BCUT2D eigenvalue weighted by Gasteiger charge is 2.18. The van der Waals surface area contributed by atoms with E-state index in [0.29, 0.717) is 24.3 Å². The minimum Gasteiger partial charge on any atom is -0.459 e. The van der Waals surface area contributed by atoms with Crippen molar-refractivity contribution in [2.45, 2.75) is 38.8 Å². The van der Waals surface area contributed by atoms with E-state index in [1.807, 2.05) is 6.92 Å². The van der Waals surface area contributed by atoms with Gasteiger partial charge in [-0.25, -0.2) is 4.39 Å². The third-order valence-electron chi connectivity index (χ3n) is 4.04. The van der Waals surface area contributed by atoms with E-state index in [2.05, 4.69) is 10.6 Å². The van der Waals surface area contributed by atoms with Gasteiger partial charge in [-0.15, -0.1) is 12.4 Å². The average molecular weight is 327 g/mol. The summed E-state index contributed by atoms with van der Waals surface area (Å²) in [4.78, 5) is 11.9. The Labute approximate surface area is 134 Å². The minimum atomic E-state index is -0.283. The molecule has 1 fully saturated rings. The Bertz CT molecular complexity index is 665. The molecule has 2 heterocycles. The monoisotopic (exact) mass is 326 g/mol. The Morgan fingerprint density at radius 2 is 2.32 bits per heavy atom. The summed E-state index contributed by atoms with van der Waals surface area (Å²) >= 11 is 0. The lowest BCUT2D eigenvalue weighted by Crippen LogP contribution is -2.31. The molecule has 4 nitrogen and oxygen atoms in total. The summed E-state index contributed by atoms with van der Waals surface area (Å²) in [6.07, 6.45) is 2.68. The maximum atomic E-state index is 13.2. The van der Waals surface area contributed by atoms with Crippen LogP contribution in [0.4, 0.5) is 4.39 Å². The van der Waals surface area contributed by atoms with Gasteiger partial charge in [0.15, 0.2) is 0 Å². The van der Waals surface area contributed by atoms with Crippen molar-refractivity contribution in [1.29, 1.82) is 0 Å². The predicted octanol–water partition coefficient (Wildman–Crippen LogP) is 3.06. The van der Waals surface area contributed by atoms with Crippen molar-refractivity contribution in [3.63, 3.8) is 0 Å². The number of amides is 1. The highest BCUT2D eigenvalue weighted by Crippen LogP contribution is 2.25. The van der Waals surface area contributed by atoms with E-state index in [1.54, 1.807) is 6.07 Å². The van der Waals surface area contributed by atoms with Crippen molar-refractivity contribution < 1.29 is 13.6 Å². The summed E-state index contributed by atoms with van der Waals surface area (Å²) in [6, 6.07) is 4.74. The number of rotatable bonds is 4. The summed E-state index contributed by atoms with van der Waals surface area (Å²) in [7, 11) is 0. The largest absolute Gasteiger partial charge is 0.459 e. The molecule has 1 aromatic carbocycles. The van der Waals surface area contributed by atoms with Gasteiger partial charge in [0.2, 0.25) is 5.91 Å². The van der Waals surface area contributed by atoms with Gasteiger partial charge in [-0.1, -0.05) is 0 Å². The number of carbonyl (C=O) groups is 1. The molecule has 1 atom stereocenters. The maximum absolute atomic E-state index is 13.2. The zero-order valence-corrected chi connectivity index (χ0v) is 13.3. The number of furan rings is 1. The standard InChI is InChI=1S/C16H19FN2O2.ClH/c1-10-13-7-11(17)4-5-14(13)21-15(10)9-19-16(20)8-12-3-2-6-18-12;/h4-5,7,12,18H,2-3,6,8-9H2,1H3,(H,19,20);1H. The highest BCUT2D eigenvalue weighted by molar-refractivity contribution is 5.85. The van der Waals surface area contributed by atoms with Crippen LogP contribution in [-0.4, -0.2) is 18.5 Å². The molecule has 0 bridgehead atoms. The first-order chi connectivity index (χ1) is 10.1. The molecular formula is C16H20ClFN2O2. The zero-order valence-electron chi connectivity index (χ0n) is 12.4. The van der Waals surface area contributed by atoms with Gasteiger partial charge in [0, 0.05) is 23.4 Å². The van der Waals surface area contributed by atoms with Gasteiger partial charge in [0.1, 0.15) is 17.2 Å². The number of benzene rings is 1. The molecule has 22 heavy (non-hydrogen) atoms. The van der Waals surface area contributed by atoms with Crippen LogP contribution in [0.25, 0.3) is 11.0 Å². The van der Waals surface area contributed by atoms with E-state index < -0.39 is 0 Å². The Kier molecular flexibility index (Phi) is 5.42. The molecule has 2 aromatic rings. The van der Waals surface area contributed by atoms with Gasteiger partial charge in [0.25, 0.3) is 0 Å². The van der Waals surface area contributed by atoms with Gasteiger partial charge in [-0.2, -0.15) is 0 Å². The molecule has 1 aliphatic rings. The van der Waals surface area contributed by atoms with Gasteiger partial charge in [-0.05, 0) is 44.5 Å². The smallest absolute Gasteiger partial charge is 0.221 e. The summed E-state index contributed by atoms with van der Waals surface area (Å²) in [5.74, 6) is 0.415. The normalized spacial score (nSPS) is 17.5. The average Bonchev–Trinajstić information content (AvgIpc) is 3.06. The fraction of sp³-hybridized carbons (Fsp3) is 0.438. The summed E-state index contributed by atoms with van der Waals surface area (Å²) in [6.45, 7) is 3.21. The topological polar surface area (TPSA) is 54.3 Å². The van der Waals surface area contributed by atoms with Gasteiger partial charge >= 0.3 is 0 Å². The fourth-order valence-electron chi connectivity index (χ4n) is 2.82. The molecule has 120 valence electrons. The molecule has 0 radical (unpaired) electrons. The first-order valence-corrected chi connectivity index (χ1v) is 7.31. The van der Waals surface area contributed by atoms with E-state index in [0.717, 1.165) is 30.3 Å². The van der Waals surface area contributed by atoms with Crippen molar-refractivity contribution in [2.75, 3.05) is 6.54 Å². The lowest BCUT2D eigenvalue weighted by molar-refractivity contribution is -0.121. The number of carbonyl (C=O) groups excluding carboxylic acids is 1. The second-order valence-electron chi connectivity index (χ2n) is 5.56. The van der Waals surface area contributed by atoms with Crippen LogP contribution in [0, 0.1) is 12.7 Å². The van der Waals surface area contributed by atoms with Crippen molar-refractivity contribution >= 4 is 29.3 Å². The predicted molar refractivity (Wildman–Crippen MR) is 85.6 cm³/mol. The van der Waals surface area contributed by atoms with E-state index in [4.69, 9.17) is 4.42 Å². The first-order valence-electron chi connectivity index (χ1n) is 7.31. The van der Waals surface area contributed by atoms with Crippen molar-refractivity contribution in [3.8, 4) is 0 Å². The Morgan fingerprint density at radius 3 is 3.05 bits per heavy atom. The molecule has 1 aliphatic heterocycles. The third kappa shape index (κ3) is 3.59. The van der Waals surface area contributed by atoms with Crippen molar-refractivity contribution in [2.24, 2.45) is 0 Å². The van der Waals surface area contributed by atoms with E-state index >= 15 is 0 Å². The molecule has 0 spiro atoms.